The molecule has 1 N–H and O–H groups in total. The van der Waals surface area contributed by atoms with Gasteiger partial charge in [0, 0.05) is 0 Å². The fourth-order valence-corrected chi connectivity index (χ4v) is 1.09. The minimum Gasteiger partial charge on any atom is -0.382 e. The summed E-state index contributed by atoms with van der Waals surface area (Å²) in [6, 6.07) is 0. The quantitative estimate of drug-likeness (QED) is 0.446. The molecule has 0 atom stereocenters. The number of rotatable bonds is 0. The molecule has 0 bridgehead atoms. The monoisotopic (exact) mass is 118 g/mol. The molecule has 1 fully saturated rings. The van der Waals surface area contributed by atoms with Crippen molar-refractivity contribution in [2.24, 2.45) is 0 Å². The van der Waals surface area contributed by atoms with Gasteiger partial charge in [-0.2, -0.15) is 0 Å². The Morgan fingerprint density at radius 1 is 1.38 bits per heavy atom. The van der Waals surface area contributed by atoms with E-state index in [2.05, 4.69) is 14.1 Å². The summed E-state index contributed by atoms with van der Waals surface area (Å²) in [6.07, 6.45) is -0.0185. The van der Waals surface area contributed by atoms with E-state index in [1.807, 2.05) is 0 Å². The molecular formula is C6H16NO+. The van der Waals surface area contributed by atoms with Crippen LogP contribution in [-0.4, -0.2) is 42.9 Å². The van der Waals surface area contributed by atoms with E-state index in [0.29, 0.717) is 0 Å². The van der Waals surface area contributed by atoms with Crippen LogP contribution in [0.1, 0.15) is 7.43 Å². The molecule has 0 spiro atoms. The molecule has 1 heterocycles. The standard InChI is InChI=1S/C5H12NO.CH4/c1-6(2)3-5(7)4-6;/h5,7H,3-4H2,1-2H3;1H4/q+1;. The SMILES string of the molecule is C.C[N+]1(C)CC(O)C1. The van der Waals surface area contributed by atoms with Crippen molar-refractivity contribution in [3.05, 3.63) is 0 Å². The molecule has 0 saturated carbocycles. The summed E-state index contributed by atoms with van der Waals surface area (Å²) in [4.78, 5) is 0. The molecule has 0 amide bonds. The number of nitrogens with zero attached hydrogens (tertiary/aromatic N) is 1. The van der Waals surface area contributed by atoms with Crippen LogP contribution in [0.3, 0.4) is 0 Å². The van der Waals surface area contributed by atoms with Gasteiger partial charge in [0.05, 0.1) is 14.1 Å². The molecule has 1 rings (SSSR count). The van der Waals surface area contributed by atoms with Crippen molar-refractivity contribution in [3.8, 4) is 0 Å². The van der Waals surface area contributed by atoms with Gasteiger partial charge >= 0.3 is 0 Å². The van der Waals surface area contributed by atoms with Gasteiger partial charge in [-0.1, -0.05) is 7.43 Å². The largest absolute Gasteiger partial charge is 0.382 e. The second-order valence-electron chi connectivity index (χ2n) is 2.95. The highest BCUT2D eigenvalue weighted by atomic mass is 16.3. The number of aliphatic hydroxyl groups is 1. The lowest BCUT2D eigenvalue weighted by atomic mass is 10.1. The third-order valence-electron chi connectivity index (χ3n) is 1.41. The molecule has 1 aliphatic heterocycles. The van der Waals surface area contributed by atoms with Crippen molar-refractivity contribution in [2.45, 2.75) is 13.5 Å². The highest BCUT2D eigenvalue weighted by Gasteiger charge is 2.34. The molecule has 1 saturated heterocycles. The van der Waals surface area contributed by atoms with Crippen molar-refractivity contribution < 1.29 is 9.59 Å². The van der Waals surface area contributed by atoms with Crippen LogP contribution in [0, 0.1) is 0 Å². The molecule has 0 aromatic rings. The van der Waals surface area contributed by atoms with Crippen LogP contribution in [0.4, 0.5) is 0 Å². The molecule has 2 nitrogen and oxygen atoms in total. The summed E-state index contributed by atoms with van der Waals surface area (Å²) < 4.78 is 0.987. The molecule has 0 aromatic heterocycles. The summed E-state index contributed by atoms with van der Waals surface area (Å²) in [6.45, 7) is 1.86. The predicted octanol–water partition coefficient (Wildman–Crippen LogP) is 0.0734. The van der Waals surface area contributed by atoms with Gasteiger partial charge in [0.1, 0.15) is 13.1 Å². The third kappa shape index (κ3) is 1.46. The van der Waals surface area contributed by atoms with Crippen molar-refractivity contribution in [1.82, 2.24) is 0 Å². The molecular weight excluding hydrogens is 102 g/mol. The highest BCUT2D eigenvalue weighted by Crippen LogP contribution is 2.11. The van der Waals surface area contributed by atoms with Gasteiger partial charge < -0.3 is 9.59 Å². The Balaban J connectivity index is 0.000000490. The number of likely N-dealkylation sites (tertiary alicyclic amines) is 1. The second-order valence-corrected chi connectivity index (χ2v) is 2.95. The van der Waals surface area contributed by atoms with Gasteiger partial charge in [0.2, 0.25) is 0 Å². The van der Waals surface area contributed by atoms with Gasteiger partial charge in [-0.05, 0) is 0 Å². The molecule has 0 aromatic carbocycles. The first-order valence-corrected chi connectivity index (χ1v) is 2.60. The number of likely N-dealkylation sites (N-methyl/N-ethyl adjacent to an activating group) is 1. The van der Waals surface area contributed by atoms with Gasteiger partial charge in [-0.15, -0.1) is 0 Å². The Hall–Kier alpha value is -0.0800. The molecule has 0 radical (unpaired) electrons. The van der Waals surface area contributed by atoms with Crippen LogP contribution in [0.25, 0.3) is 0 Å². The lowest BCUT2D eigenvalue weighted by Crippen LogP contribution is -2.61. The van der Waals surface area contributed by atoms with E-state index in [4.69, 9.17) is 5.11 Å². The van der Waals surface area contributed by atoms with Gasteiger partial charge in [0.25, 0.3) is 0 Å². The van der Waals surface area contributed by atoms with E-state index in [9.17, 15) is 0 Å². The smallest absolute Gasteiger partial charge is 0.152 e. The second kappa shape index (κ2) is 2.03. The summed E-state index contributed by atoms with van der Waals surface area (Å²) in [5.41, 5.74) is 0. The molecule has 2 heteroatoms. The van der Waals surface area contributed by atoms with E-state index < -0.39 is 0 Å². The van der Waals surface area contributed by atoms with Crippen molar-refractivity contribution in [1.29, 1.82) is 0 Å². The maximum atomic E-state index is 8.77. The predicted molar refractivity (Wildman–Crippen MR) is 34.6 cm³/mol. The zero-order valence-electron chi connectivity index (χ0n) is 4.89. The number of hydrogen-bond acceptors (Lipinski definition) is 1. The van der Waals surface area contributed by atoms with Crippen LogP contribution >= 0.6 is 0 Å². The first kappa shape index (κ1) is 7.92. The summed E-state index contributed by atoms with van der Waals surface area (Å²) >= 11 is 0. The van der Waals surface area contributed by atoms with E-state index in [1.165, 1.54) is 0 Å². The van der Waals surface area contributed by atoms with Gasteiger partial charge in [-0.25, -0.2) is 0 Å². The van der Waals surface area contributed by atoms with Crippen LogP contribution in [-0.2, 0) is 0 Å². The minimum atomic E-state index is -0.0185. The van der Waals surface area contributed by atoms with Crippen LogP contribution in [0.5, 0.6) is 0 Å². The maximum Gasteiger partial charge on any atom is 0.152 e. The average molecular weight is 118 g/mol. The molecule has 50 valence electrons. The Morgan fingerprint density at radius 2 is 1.75 bits per heavy atom. The van der Waals surface area contributed by atoms with Gasteiger partial charge in [0.15, 0.2) is 6.10 Å². The van der Waals surface area contributed by atoms with Gasteiger partial charge in [-0.3, -0.25) is 0 Å². The normalized spacial score (nSPS) is 25.9. The zero-order chi connectivity index (χ0) is 5.49. The van der Waals surface area contributed by atoms with Crippen molar-refractivity contribution in [3.63, 3.8) is 0 Å². The first-order chi connectivity index (χ1) is 3.10. The van der Waals surface area contributed by atoms with Crippen LogP contribution < -0.4 is 0 Å². The molecule has 8 heavy (non-hydrogen) atoms. The number of hydrogen-bond donors (Lipinski definition) is 1. The summed E-state index contributed by atoms with van der Waals surface area (Å²) in [7, 11) is 4.24. The first-order valence-electron chi connectivity index (χ1n) is 2.60. The number of quaternary nitrogens is 1. The maximum absolute atomic E-state index is 8.77. The fraction of sp³-hybridized carbons (Fsp3) is 1.00. The summed E-state index contributed by atoms with van der Waals surface area (Å²) in [5.74, 6) is 0. The highest BCUT2D eigenvalue weighted by molar-refractivity contribution is 4.61. The fourth-order valence-electron chi connectivity index (χ4n) is 1.09. The Kier molecular flexibility index (Phi) is 2.01. The van der Waals surface area contributed by atoms with E-state index in [-0.39, 0.29) is 13.5 Å². The lowest BCUT2D eigenvalue weighted by Gasteiger charge is -2.41. The Bertz CT molecular complexity index is 72.6. The molecule has 0 aliphatic carbocycles. The average Bonchev–Trinajstić information content (AvgIpc) is 1.27. The Morgan fingerprint density at radius 3 is 1.75 bits per heavy atom. The van der Waals surface area contributed by atoms with Crippen molar-refractivity contribution >= 4 is 0 Å². The topological polar surface area (TPSA) is 20.2 Å². The van der Waals surface area contributed by atoms with Crippen LogP contribution in [0.2, 0.25) is 0 Å². The van der Waals surface area contributed by atoms with E-state index in [0.717, 1.165) is 17.6 Å². The zero-order valence-corrected chi connectivity index (χ0v) is 4.89. The number of aliphatic hydroxyl groups excluding tert-OH is 1. The Labute approximate surface area is 51.3 Å². The van der Waals surface area contributed by atoms with E-state index in [1.54, 1.807) is 0 Å². The molecule has 0 unspecified atom stereocenters. The lowest BCUT2D eigenvalue weighted by molar-refractivity contribution is -0.937. The summed E-state index contributed by atoms with van der Waals surface area (Å²) in [5, 5.41) is 8.77. The minimum absolute atomic E-state index is 0. The third-order valence-corrected chi connectivity index (χ3v) is 1.41. The molecule has 1 aliphatic rings. The van der Waals surface area contributed by atoms with E-state index >= 15 is 0 Å². The van der Waals surface area contributed by atoms with Crippen LogP contribution in [0.15, 0.2) is 0 Å². The van der Waals surface area contributed by atoms with Crippen molar-refractivity contribution in [2.75, 3.05) is 27.2 Å².